The number of sulfonamides is 1. The molecule has 4 N–H and O–H groups in total. The van der Waals surface area contributed by atoms with Crippen LogP contribution in [0.5, 0.6) is 0 Å². The van der Waals surface area contributed by atoms with Gasteiger partial charge >= 0.3 is 0 Å². The predicted molar refractivity (Wildman–Crippen MR) is 265 cm³/mol. The average Bonchev–Trinajstić information content (AvgIpc) is 3.33. The molecule has 0 unspecified atom stereocenters. The Kier molecular flexibility index (Phi) is 15.6. The van der Waals surface area contributed by atoms with Crippen molar-refractivity contribution in [3.8, 4) is 11.1 Å². The number of fused-ring (bicyclic) bond motifs is 1. The molecule has 1 saturated carbocycles. The minimum absolute atomic E-state index is 0.0361. The number of carbonyl (C=O) groups is 2. The van der Waals surface area contributed by atoms with Gasteiger partial charge < -0.3 is 25.2 Å². The van der Waals surface area contributed by atoms with Gasteiger partial charge in [-0.2, -0.15) is 4.72 Å². The van der Waals surface area contributed by atoms with Gasteiger partial charge in [-0.05, 0) is 117 Å². The second-order valence-corrected chi connectivity index (χ2v) is 21.9. The molecule has 8 atom stereocenters. The van der Waals surface area contributed by atoms with Gasteiger partial charge in [0.05, 0.1) is 29.8 Å². The number of aliphatic hydroxyl groups is 1. The van der Waals surface area contributed by atoms with Crippen LogP contribution in [0.25, 0.3) is 11.1 Å². The first-order chi connectivity index (χ1) is 32.6. The van der Waals surface area contributed by atoms with Crippen LogP contribution in [-0.4, -0.2) is 66.6 Å². The Bertz CT molecular complexity index is 2580. The first-order valence-electron chi connectivity index (χ1n) is 24.3. The zero-order valence-corrected chi connectivity index (χ0v) is 40.9. The molecule has 2 heterocycles. The summed E-state index contributed by atoms with van der Waals surface area (Å²) in [7, 11) is -3.98. The van der Waals surface area contributed by atoms with Crippen LogP contribution in [0.1, 0.15) is 112 Å². The SMILES string of the molecule is Cc1ccc(S(=O)(=O)N[C@H](Cc2ccccc2)C(=O)NCc2cccc(-c3ccc([C@@H]4O[C@H](CN5[C@@H](C(=O)NC(C)(C)C)CC[C@H]6CCCC[C@H]65)[C@H](C)[C@H](c5ccc(CO)cc5)O4)cc3)c2)cc1. The number of carbonyl (C=O) groups excluding carboxylic acids is 2. The molecule has 3 fully saturated rings. The van der Waals surface area contributed by atoms with Gasteiger partial charge in [-0.3, -0.25) is 14.5 Å². The molecule has 0 radical (unpaired) electrons. The number of aryl methyl sites for hydroxylation is 1. The second-order valence-electron chi connectivity index (χ2n) is 20.2. The van der Waals surface area contributed by atoms with E-state index >= 15 is 0 Å². The summed E-state index contributed by atoms with van der Waals surface area (Å²) < 4.78 is 43.5. The minimum atomic E-state index is -3.98. The molecule has 2 amide bonds. The third-order valence-corrected chi connectivity index (χ3v) is 15.4. The van der Waals surface area contributed by atoms with Crippen molar-refractivity contribution in [2.45, 2.75) is 140 Å². The molecule has 2 aliphatic heterocycles. The molecule has 8 rings (SSSR count). The predicted octanol–water partition coefficient (Wildman–Crippen LogP) is 9.09. The molecular weight excluding hydrogens is 873 g/mol. The summed E-state index contributed by atoms with van der Waals surface area (Å²) in [5, 5.41) is 16.1. The van der Waals surface area contributed by atoms with E-state index in [4.69, 9.17) is 9.47 Å². The third-order valence-electron chi connectivity index (χ3n) is 14.0. The first kappa shape index (κ1) is 49.2. The Morgan fingerprint density at radius 1 is 0.765 bits per heavy atom. The maximum absolute atomic E-state index is 14.0. The highest BCUT2D eigenvalue weighted by Crippen LogP contribution is 2.44. The van der Waals surface area contributed by atoms with Gasteiger partial charge in [0.15, 0.2) is 6.29 Å². The maximum Gasteiger partial charge on any atom is 0.241 e. The molecule has 0 spiro atoms. The van der Waals surface area contributed by atoms with Crippen molar-refractivity contribution in [1.29, 1.82) is 0 Å². The average molecular weight is 941 g/mol. The van der Waals surface area contributed by atoms with Crippen LogP contribution in [0.15, 0.2) is 132 Å². The molecule has 360 valence electrons. The molecule has 12 heteroatoms. The first-order valence-corrected chi connectivity index (χ1v) is 25.8. The fraction of sp³-hybridized carbons (Fsp3) is 0.429. The highest BCUT2D eigenvalue weighted by Gasteiger charge is 2.46. The van der Waals surface area contributed by atoms with E-state index in [2.05, 4.69) is 39.3 Å². The van der Waals surface area contributed by atoms with Gasteiger partial charge in [0, 0.05) is 36.2 Å². The number of ether oxygens (including phenoxy) is 2. The van der Waals surface area contributed by atoms with Gasteiger partial charge in [0.2, 0.25) is 21.8 Å². The lowest BCUT2D eigenvalue weighted by Crippen LogP contribution is -2.61. The Labute approximate surface area is 403 Å². The van der Waals surface area contributed by atoms with Crippen LogP contribution in [0, 0.1) is 18.8 Å². The van der Waals surface area contributed by atoms with Crippen molar-refractivity contribution in [2.75, 3.05) is 6.54 Å². The Hall–Kier alpha value is -5.21. The summed E-state index contributed by atoms with van der Waals surface area (Å²) in [6, 6.07) is 39.1. The fourth-order valence-electron chi connectivity index (χ4n) is 10.3. The summed E-state index contributed by atoms with van der Waals surface area (Å²) >= 11 is 0. The van der Waals surface area contributed by atoms with Crippen LogP contribution in [-0.2, 0) is 48.7 Å². The van der Waals surface area contributed by atoms with Gasteiger partial charge in [0.1, 0.15) is 6.04 Å². The quantitative estimate of drug-likeness (QED) is 0.0814. The van der Waals surface area contributed by atoms with Crippen LogP contribution in [0.3, 0.4) is 0 Å². The van der Waals surface area contributed by atoms with Crippen LogP contribution < -0.4 is 15.4 Å². The lowest BCUT2D eigenvalue weighted by atomic mass is 9.75. The van der Waals surface area contributed by atoms with E-state index in [1.54, 1.807) is 24.3 Å². The normalized spacial score (nSPS) is 23.8. The molecule has 1 aliphatic carbocycles. The largest absolute Gasteiger partial charge is 0.392 e. The van der Waals surface area contributed by atoms with E-state index in [-0.39, 0.29) is 60.1 Å². The number of aliphatic hydroxyl groups excluding tert-OH is 1. The van der Waals surface area contributed by atoms with Crippen molar-refractivity contribution in [1.82, 2.24) is 20.3 Å². The Morgan fingerprint density at radius 2 is 1.46 bits per heavy atom. The van der Waals surface area contributed by atoms with E-state index in [1.165, 1.54) is 12.8 Å². The molecule has 11 nitrogen and oxygen atoms in total. The van der Waals surface area contributed by atoms with E-state index in [0.29, 0.717) is 18.5 Å². The smallest absolute Gasteiger partial charge is 0.241 e. The van der Waals surface area contributed by atoms with Gasteiger partial charge in [-0.15, -0.1) is 0 Å². The molecule has 0 aromatic heterocycles. The number of benzene rings is 5. The van der Waals surface area contributed by atoms with Crippen molar-refractivity contribution in [2.24, 2.45) is 11.8 Å². The lowest BCUT2D eigenvalue weighted by Gasteiger charge is -2.51. The van der Waals surface area contributed by atoms with Crippen LogP contribution >= 0.6 is 0 Å². The number of likely N-dealkylation sites (tertiary alicyclic amines) is 1. The number of nitrogens with one attached hydrogen (secondary N) is 3. The van der Waals surface area contributed by atoms with Crippen molar-refractivity contribution >= 4 is 21.8 Å². The summed E-state index contributed by atoms with van der Waals surface area (Å²) in [5.74, 6) is 0.194. The highest BCUT2D eigenvalue weighted by atomic mass is 32.2. The zero-order chi connectivity index (χ0) is 48.0. The molecule has 0 bridgehead atoms. The highest BCUT2D eigenvalue weighted by molar-refractivity contribution is 7.89. The summed E-state index contributed by atoms with van der Waals surface area (Å²) in [6.07, 6.45) is 5.55. The van der Waals surface area contributed by atoms with Gasteiger partial charge in [0.25, 0.3) is 0 Å². The zero-order valence-electron chi connectivity index (χ0n) is 40.1. The molecule has 5 aromatic carbocycles. The van der Waals surface area contributed by atoms with Crippen LogP contribution in [0.2, 0.25) is 0 Å². The number of amides is 2. The number of piperidine rings is 1. The number of hydrogen-bond acceptors (Lipinski definition) is 8. The summed E-state index contributed by atoms with van der Waals surface area (Å²) in [4.78, 5) is 30.4. The number of rotatable bonds is 15. The van der Waals surface area contributed by atoms with Crippen LogP contribution in [0.4, 0.5) is 0 Å². The minimum Gasteiger partial charge on any atom is -0.392 e. The standard InChI is InChI=1S/C56H68N4O7S/c1-37-18-29-47(30-19-37)68(64,65)59-48(33-39-12-7-6-8-13-39)53(62)57-34-41-14-11-16-46(32-41)42-24-26-45(27-25-42)55-66-51(38(2)52(67-55)44-22-20-40(36-61)21-23-44)35-60-49-17-10-9-15-43(49)28-31-50(60)54(63)58-56(3,4)5/h6-8,11-14,16,18-27,29-30,32,38,43,48-52,55,59,61H,9-10,15,17,28,31,33-36H2,1-5H3,(H,57,62)(H,58,63)/t38-,43+,48+,49+,50+,51+,52+,55+/m0/s1. The van der Waals surface area contributed by atoms with E-state index in [1.807, 2.05) is 119 Å². The van der Waals surface area contributed by atoms with Crippen molar-refractivity contribution in [3.63, 3.8) is 0 Å². The molecule has 3 aliphatic rings. The molecule has 5 aromatic rings. The number of hydrogen-bond donors (Lipinski definition) is 4. The molecule has 68 heavy (non-hydrogen) atoms. The monoisotopic (exact) mass is 940 g/mol. The van der Waals surface area contributed by atoms with E-state index < -0.39 is 28.3 Å². The molecule has 2 saturated heterocycles. The summed E-state index contributed by atoms with van der Waals surface area (Å²) in [6.45, 7) is 11.0. The summed E-state index contributed by atoms with van der Waals surface area (Å²) in [5.41, 5.74) is 6.93. The Morgan fingerprint density at radius 3 is 2.16 bits per heavy atom. The van der Waals surface area contributed by atoms with E-state index in [0.717, 1.165) is 70.2 Å². The van der Waals surface area contributed by atoms with Crippen molar-refractivity contribution in [3.05, 3.63) is 161 Å². The topological polar surface area (TPSA) is 146 Å². The van der Waals surface area contributed by atoms with Crippen molar-refractivity contribution < 1.29 is 32.6 Å². The maximum atomic E-state index is 14.0. The van der Waals surface area contributed by atoms with E-state index in [9.17, 15) is 23.1 Å². The second kappa shape index (κ2) is 21.6. The molecular formula is C56H68N4O7S. The van der Waals surface area contributed by atoms with Gasteiger partial charge in [-0.1, -0.05) is 135 Å². The third kappa shape index (κ3) is 12.1. The fourth-order valence-corrected chi connectivity index (χ4v) is 11.5. The lowest BCUT2D eigenvalue weighted by molar-refractivity contribution is -0.278. The Balaban J connectivity index is 0.997. The van der Waals surface area contributed by atoms with Gasteiger partial charge in [-0.25, -0.2) is 8.42 Å². The number of nitrogens with zero attached hydrogens (tertiary/aromatic N) is 1.